The standard InChI is InChI=1S/C19H22N2O4/c1-13(2)16-12-15(20-25-16)17(22)21-10-8-19(9-11-21,18(23)24)14-6-4-3-5-7-14/h3-7,12-13H,8-11H2,1-2H3,(H,23,24). The van der Waals surface area contributed by atoms with Crippen LogP contribution in [-0.4, -0.2) is 40.1 Å². The van der Waals surface area contributed by atoms with Crippen molar-refractivity contribution in [2.75, 3.05) is 13.1 Å². The Balaban J connectivity index is 1.75. The van der Waals surface area contributed by atoms with Crippen LogP contribution in [0.4, 0.5) is 0 Å². The number of rotatable bonds is 4. The molecule has 1 aromatic heterocycles. The van der Waals surface area contributed by atoms with E-state index in [1.54, 1.807) is 11.0 Å². The number of carboxylic acid groups (broad SMARTS) is 1. The second-order valence-electron chi connectivity index (χ2n) is 6.81. The number of aliphatic carboxylic acids is 1. The summed E-state index contributed by atoms with van der Waals surface area (Å²) in [6.45, 7) is 4.70. The number of carboxylic acids is 1. The van der Waals surface area contributed by atoms with E-state index in [0.29, 0.717) is 31.7 Å². The molecule has 0 atom stereocenters. The number of aromatic nitrogens is 1. The van der Waals surface area contributed by atoms with Crippen molar-refractivity contribution in [3.63, 3.8) is 0 Å². The quantitative estimate of drug-likeness (QED) is 0.923. The lowest BCUT2D eigenvalue weighted by Gasteiger charge is -2.39. The van der Waals surface area contributed by atoms with Gasteiger partial charge in [-0.25, -0.2) is 0 Å². The van der Waals surface area contributed by atoms with Crippen LogP contribution >= 0.6 is 0 Å². The average Bonchev–Trinajstić information content (AvgIpc) is 3.12. The first kappa shape index (κ1) is 17.2. The van der Waals surface area contributed by atoms with Crippen molar-refractivity contribution < 1.29 is 19.2 Å². The van der Waals surface area contributed by atoms with E-state index in [2.05, 4.69) is 5.16 Å². The van der Waals surface area contributed by atoms with Crippen molar-refractivity contribution in [2.24, 2.45) is 0 Å². The van der Waals surface area contributed by atoms with E-state index in [4.69, 9.17) is 4.52 Å². The minimum absolute atomic E-state index is 0.160. The van der Waals surface area contributed by atoms with Crippen LogP contribution in [0.5, 0.6) is 0 Å². The monoisotopic (exact) mass is 342 g/mol. The Labute approximate surface area is 146 Å². The first-order chi connectivity index (χ1) is 11.9. The van der Waals surface area contributed by atoms with Crippen LogP contribution in [0.25, 0.3) is 0 Å². The summed E-state index contributed by atoms with van der Waals surface area (Å²) in [6, 6.07) is 10.9. The molecule has 25 heavy (non-hydrogen) atoms. The van der Waals surface area contributed by atoms with E-state index in [9.17, 15) is 14.7 Å². The number of carbonyl (C=O) groups is 2. The molecular formula is C19H22N2O4. The van der Waals surface area contributed by atoms with Gasteiger partial charge in [-0.15, -0.1) is 0 Å². The Morgan fingerprint density at radius 2 is 1.84 bits per heavy atom. The highest BCUT2D eigenvalue weighted by atomic mass is 16.5. The maximum absolute atomic E-state index is 12.6. The zero-order valence-electron chi connectivity index (χ0n) is 14.4. The molecule has 0 aliphatic carbocycles. The molecule has 0 unspecified atom stereocenters. The van der Waals surface area contributed by atoms with Crippen molar-refractivity contribution in [3.05, 3.63) is 53.4 Å². The van der Waals surface area contributed by atoms with Crippen LogP contribution in [0.15, 0.2) is 40.9 Å². The molecule has 0 saturated carbocycles. The van der Waals surface area contributed by atoms with Gasteiger partial charge in [-0.3, -0.25) is 9.59 Å². The summed E-state index contributed by atoms with van der Waals surface area (Å²) in [4.78, 5) is 26.2. The molecule has 0 bridgehead atoms. The number of likely N-dealkylation sites (tertiary alicyclic amines) is 1. The molecule has 1 amide bonds. The van der Waals surface area contributed by atoms with Gasteiger partial charge in [0.05, 0.1) is 5.41 Å². The average molecular weight is 342 g/mol. The van der Waals surface area contributed by atoms with Crippen molar-refractivity contribution in [3.8, 4) is 0 Å². The van der Waals surface area contributed by atoms with E-state index in [-0.39, 0.29) is 17.5 Å². The number of hydrogen-bond donors (Lipinski definition) is 1. The van der Waals surface area contributed by atoms with Crippen LogP contribution < -0.4 is 0 Å². The van der Waals surface area contributed by atoms with E-state index < -0.39 is 11.4 Å². The molecule has 132 valence electrons. The van der Waals surface area contributed by atoms with Crippen molar-refractivity contribution in [1.82, 2.24) is 10.1 Å². The lowest BCUT2D eigenvalue weighted by Crippen LogP contribution is -2.49. The predicted octanol–water partition coefficient (Wildman–Crippen LogP) is 3.06. The number of amides is 1. The van der Waals surface area contributed by atoms with Gasteiger partial charge in [0.1, 0.15) is 5.76 Å². The van der Waals surface area contributed by atoms with Gasteiger partial charge in [0.2, 0.25) is 0 Å². The molecule has 1 saturated heterocycles. The maximum atomic E-state index is 12.6. The molecule has 2 aromatic rings. The van der Waals surface area contributed by atoms with Crippen LogP contribution in [0, 0.1) is 0 Å². The van der Waals surface area contributed by atoms with Gasteiger partial charge < -0.3 is 14.5 Å². The topological polar surface area (TPSA) is 83.6 Å². The lowest BCUT2D eigenvalue weighted by atomic mass is 9.73. The summed E-state index contributed by atoms with van der Waals surface area (Å²) in [5.74, 6) is -0.213. The van der Waals surface area contributed by atoms with Crippen molar-refractivity contribution in [2.45, 2.75) is 38.0 Å². The Hall–Kier alpha value is -2.63. The Kier molecular flexibility index (Phi) is 4.61. The third-order valence-corrected chi connectivity index (χ3v) is 4.96. The summed E-state index contributed by atoms with van der Waals surface area (Å²) in [7, 11) is 0. The van der Waals surface area contributed by atoms with Gasteiger partial charge >= 0.3 is 5.97 Å². The Morgan fingerprint density at radius 3 is 2.36 bits per heavy atom. The highest BCUT2D eigenvalue weighted by Crippen LogP contribution is 2.36. The first-order valence-corrected chi connectivity index (χ1v) is 8.49. The van der Waals surface area contributed by atoms with Crippen molar-refractivity contribution >= 4 is 11.9 Å². The number of piperidine rings is 1. The second-order valence-corrected chi connectivity index (χ2v) is 6.81. The minimum Gasteiger partial charge on any atom is -0.481 e. The molecule has 1 aliphatic heterocycles. The molecule has 6 heteroatoms. The smallest absolute Gasteiger partial charge is 0.314 e. The van der Waals surface area contributed by atoms with Gasteiger partial charge in [0, 0.05) is 25.1 Å². The fraction of sp³-hybridized carbons (Fsp3) is 0.421. The summed E-state index contributed by atoms with van der Waals surface area (Å²) < 4.78 is 5.19. The number of nitrogens with zero attached hydrogens (tertiary/aromatic N) is 2. The third-order valence-electron chi connectivity index (χ3n) is 4.96. The summed E-state index contributed by atoms with van der Waals surface area (Å²) in [5.41, 5.74) is 0.134. The highest BCUT2D eigenvalue weighted by molar-refractivity contribution is 5.92. The maximum Gasteiger partial charge on any atom is 0.314 e. The van der Waals surface area contributed by atoms with Crippen molar-refractivity contribution in [1.29, 1.82) is 0 Å². The summed E-state index contributed by atoms with van der Waals surface area (Å²) in [6.07, 6.45) is 0.764. The molecule has 1 aromatic carbocycles. The number of hydrogen-bond acceptors (Lipinski definition) is 4. The van der Waals surface area contributed by atoms with Gasteiger partial charge in [0.15, 0.2) is 5.69 Å². The molecule has 0 radical (unpaired) electrons. The van der Waals surface area contributed by atoms with Crippen LogP contribution in [0.3, 0.4) is 0 Å². The number of carbonyl (C=O) groups excluding carboxylic acids is 1. The van der Waals surface area contributed by atoms with Crippen LogP contribution in [0.1, 0.15) is 54.4 Å². The largest absolute Gasteiger partial charge is 0.481 e. The lowest BCUT2D eigenvalue weighted by molar-refractivity contribution is -0.145. The van der Waals surface area contributed by atoms with Crippen LogP contribution in [0.2, 0.25) is 0 Å². The minimum atomic E-state index is -0.940. The summed E-state index contributed by atoms with van der Waals surface area (Å²) in [5, 5.41) is 13.7. The highest BCUT2D eigenvalue weighted by Gasteiger charge is 2.44. The molecular weight excluding hydrogens is 320 g/mol. The third kappa shape index (κ3) is 3.16. The Bertz CT molecular complexity index is 759. The van der Waals surface area contributed by atoms with E-state index >= 15 is 0 Å². The van der Waals surface area contributed by atoms with Gasteiger partial charge in [0.25, 0.3) is 5.91 Å². The normalized spacial score (nSPS) is 16.8. The molecule has 0 spiro atoms. The zero-order chi connectivity index (χ0) is 18.0. The van der Waals surface area contributed by atoms with E-state index in [0.717, 1.165) is 5.56 Å². The van der Waals surface area contributed by atoms with Gasteiger partial charge in [-0.2, -0.15) is 0 Å². The molecule has 1 N–H and O–H groups in total. The SMILES string of the molecule is CC(C)c1cc(C(=O)N2CCC(C(=O)O)(c3ccccc3)CC2)no1. The fourth-order valence-corrected chi connectivity index (χ4v) is 3.30. The molecule has 2 heterocycles. The second kappa shape index (κ2) is 6.70. The molecule has 1 fully saturated rings. The fourth-order valence-electron chi connectivity index (χ4n) is 3.30. The predicted molar refractivity (Wildman–Crippen MR) is 91.5 cm³/mol. The van der Waals surface area contributed by atoms with Gasteiger partial charge in [-0.1, -0.05) is 49.3 Å². The number of benzene rings is 1. The molecule has 1 aliphatic rings. The summed E-state index contributed by atoms with van der Waals surface area (Å²) >= 11 is 0. The van der Waals surface area contributed by atoms with Gasteiger partial charge in [-0.05, 0) is 18.4 Å². The first-order valence-electron chi connectivity index (χ1n) is 8.49. The van der Waals surface area contributed by atoms with E-state index in [1.807, 2.05) is 44.2 Å². The molecule has 6 nitrogen and oxygen atoms in total. The Morgan fingerprint density at radius 1 is 1.20 bits per heavy atom. The van der Waals surface area contributed by atoms with Crippen LogP contribution in [-0.2, 0) is 10.2 Å². The van der Waals surface area contributed by atoms with E-state index in [1.165, 1.54) is 0 Å². The zero-order valence-corrected chi connectivity index (χ0v) is 14.4. The molecule has 3 rings (SSSR count).